The van der Waals surface area contributed by atoms with E-state index in [0.717, 1.165) is 28.2 Å². The van der Waals surface area contributed by atoms with Crippen LogP contribution in [0.2, 0.25) is 0 Å². The average molecular weight is 340 g/mol. The molecule has 1 atom stereocenters. The van der Waals surface area contributed by atoms with Crippen LogP contribution in [0.15, 0.2) is 22.8 Å². The van der Waals surface area contributed by atoms with Crippen LogP contribution in [0.3, 0.4) is 0 Å². The van der Waals surface area contributed by atoms with Gasteiger partial charge in [0.2, 0.25) is 5.91 Å². The number of rotatable bonds is 5. The van der Waals surface area contributed by atoms with Crippen molar-refractivity contribution >= 4 is 16.9 Å². The van der Waals surface area contributed by atoms with Crippen LogP contribution in [0.25, 0.3) is 11.0 Å². The van der Waals surface area contributed by atoms with Crippen molar-refractivity contribution in [2.24, 2.45) is 0 Å². The van der Waals surface area contributed by atoms with Gasteiger partial charge in [-0.25, -0.2) is 9.67 Å². The summed E-state index contributed by atoms with van der Waals surface area (Å²) in [6.45, 7) is 10.4. The lowest BCUT2D eigenvalue weighted by Gasteiger charge is -2.14. The molecule has 0 fully saturated rings. The molecule has 1 N–H and O–H groups in total. The largest absolute Gasteiger partial charge is 0.464 e. The van der Waals surface area contributed by atoms with Crippen LogP contribution in [-0.4, -0.2) is 27.2 Å². The Morgan fingerprint density at radius 1 is 1.24 bits per heavy atom. The van der Waals surface area contributed by atoms with Gasteiger partial charge in [-0.3, -0.25) is 4.79 Å². The topological polar surface area (TPSA) is 73.0 Å². The van der Waals surface area contributed by atoms with Gasteiger partial charge in [0.1, 0.15) is 17.2 Å². The minimum atomic E-state index is -0.0257. The third kappa shape index (κ3) is 3.57. The number of aryl methyl sites for hydroxylation is 4. The summed E-state index contributed by atoms with van der Waals surface area (Å²) in [5, 5.41) is 8.35. The molecule has 0 radical (unpaired) electrons. The van der Waals surface area contributed by atoms with Gasteiger partial charge in [-0.1, -0.05) is 0 Å². The number of nitrogens with zero attached hydrogens (tertiary/aromatic N) is 3. The summed E-state index contributed by atoms with van der Waals surface area (Å²) in [6, 6.07) is 4.15. The lowest BCUT2D eigenvalue weighted by atomic mass is 10.0. The number of fused-ring (bicyclic) bond motifs is 1. The van der Waals surface area contributed by atoms with Gasteiger partial charge in [-0.05, 0) is 57.9 Å². The van der Waals surface area contributed by atoms with Gasteiger partial charge in [0.05, 0.1) is 18.7 Å². The van der Waals surface area contributed by atoms with Crippen molar-refractivity contribution in [3.05, 3.63) is 46.7 Å². The molecule has 2 heterocycles. The van der Waals surface area contributed by atoms with Gasteiger partial charge in [-0.2, -0.15) is 5.10 Å². The van der Waals surface area contributed by atoms with E-state index in [4.69, 9.17) is 4.42 Å². The highest BCUT2D eigenvalue weighted by molar-refractivity contribution is 5.88. The van der Waals surface area contributed by atoms with Crippen molar-refractivity contribution in [2.45, 2.75) is 47.1 Å². The third-order valence-electron chi connectivity index (χ3n) is 4.54. The molecule has 1 amide bonds. The normalized spacial score (nSPS) is 12.5. The van der Waals surface area contributed by atoms with Crippen LogP contribution in [0.4, 0.5) is 0 Å². The van der Waals surface area contributed by atoms with E-state index < -0.39 is 0 Å². The second-order valence-electron chi connectivity index (χ2n) is 6.67. The molecule has 6 heteroatoms. The predicted molar refractivity (Wildman–Crippen MR) is 96.6 cm³/mol. The van der Waals surface area contributed by atoms with Crippen LogP contribution >= 0.6 is 0 Å². The van der Waals surface area contributed by atoms with E-state index in [2.05, 4.69) is 35.3 Å². The lowest BCUT2D eigenvalue weighted by Crippen LogP contribution is -2.31. The molecule has 0 aliphatic rings. The molecule has 0 saturated carbocycles. The number of nitrogens with one attached hydrogen (secondary N) is 1. The number of benzene rings is 1. The summed E-state index contributed by atoms with van der Waals surface area (Å²) in [5.41, 5.74) is 4.12. The van der Waals surface area contributed by atoms with Crippen LogP contribution in [0.5, 0.6) is 0 Å². The lowest BCUT2D eigenvalue weighted by molar-refractivity contribution is -0.120. The fraction of sp³-hybridized carbons (Fsp3) is 0.421. The molecule has 0 bridgehead atoms. The monoisotopic (exact) mass is 340 g/mol. The van der Waals surface area contributed by atoms with Gasteiger partial charge in [0.15, 0.2) is 0 Å². The molecule has 3 aromatic rings. The first-order valence-corrected chi connectivity index (χ1v) is 8.49. The van der Waals surface area contributed by atoms with Crippen LogP contribution in [0.1, 0.15) is 41.3 Å². The van der Waals surface area contributed by atoms with Crippen molar-refractivity contribution in [1.82, 2.24) is 20.1 Å². The molecule has 0 aliphatic carbocycles. The summed E-state index contributed by atoms with van der Waals surface area (Å²) in [5.74, 6) is 1.57. The zero-order valence-corrected chi connectivity index (χ0v) is 15.4. The number of furan rings is 1. The van der Waals surface area contributed by atoms with E-state index in [9.17, 15) is 4.79 Å². The van der Waals surface area contributed by atoms with E-state index in [1.54, 1.807) is 6.26 Å². The van der Waals surface area contributed by atoms with Gasteiger partial charge in [0, 0.05) is 17.5 Å². The van der Waals surface area contributed by atoms with E-state index in [0.29, 0.717) is 13.0 Å². The number of carbonyl (C=O) groups is 1. The zero-order chi connectivity index (χ0) is 18.1. The predicted octanol–water partition coefficient (Wildman–Crippen LogP) is 3.18. The molecule has 132 valence electrons. The molecule has 0 spiro atoms. The van der Waals surface area contributed by atoms with Crippen LogP contribution < -0.4 is 5.32 Å². The summed E-state index contributed by atoms with van der Waals surface area (Å²) in [4.78, 5) is 16.6. The average Bonchev–Trinajstić information content (AvgIpc) is 3.09. The number of hydrogen-bond acceptors (Lipinski definition) is 4. The Kier molecular flexibility index (Phi) is 4.61. The maximum absolute atomic E-state index is 12.3. The van der Waals surface area contributed by atoms with Gasteiger partial charge >= 0.3 is 0 Å². The molecule has 6 nitrogen and oxygen atoms in total. The number of aromatic nitrogens is 3. The van der Waals surface area contributed by atoms with Gasteiger partial charge < -0.3 is 9.73 Å². The van der Waals surface area contributed by atoms with Crippen molar-refractivity contribution < 1.29 is 9.21 Å². The third-order valence-corrected chi connectivity index (χ3v) is 4.54. The molecule has 0 saturated heterocycles. The smallest absolute Gasteiger partial charge is 0.224 e. The van der Waals surface area contributed by atoms with E-state index in [-0.39, 0.29) is 11.9 Å². The minimum absolute atomic E-state index is 0.0257. The quantitative estimate of drug-likeness (QED) is 0.774. The van der Waals surface area contributed by atoms with Crippen LogP contribution in [0, 0.1) is 27.7 Å². The van der Waals surface area contributed by atoms with E-state index in [1.807, 2.05) is 31.5 Å². The standard InChI is InChI=1S/C19H24N4O2/c1-11-6-17-16(10-25-18(17)7-12(11)2)8-19(24)20-9-13(3)23-15(5)21-14(4)22-23/h6-7,10,13H,8-9H2,1-5H3,(H,20,24)/t13-/m1/s1. The van der Waals surface area contributed by atoms with E-state index in [1.165, 1.54) is 11.1 Å². The van der Waals surface area contributed by atoms with Crippen molar-refractivity contribution in [2.75, 3.05) is 6.54 Å². The number of carbonyl (C=O) groups excluding carboxylic acids is 1. The summed E-state index contributed by atoms with van der Waals surface area (Å²) >= 11 is 0. The zero-order valence-electron chi connectivity index (χ0n) is 15.4. The van der Waals surface area contributed by atoms with Crippen molar-refractivity contribution in [1.29, 1.82) is 0 Å². The molecule has 2 aromatic heterocycles. The first kappa shape index (κ1) is 17.2. The summed E-state index contributed by atoms with van der Waals surface area (Å²) in [6.07, 6.45) is 1.98. The van der Waals surface area contributed by atoms with Crippen molar-refractivity contribution in [3.8, 4) is 0 Å². The Morgan fingerprint density at radius 3 is 2.64 bits per heavy atom. The molecule has 25 heavy (non-hydrogen) atoms. The molecule has 1 aromatic carbocycles. The highest BCUT2D eigenvalue weighted by Crippen LogP contribution is 2.25. The summed E-state index contributed by atoms with van der Waals surface area (Å²) in [7, 11) is 0. The maximum atomic E-state index is 12.3. The Balaban J connectivity index is 1.65. The second-order valence-corrected chi connectivity index (χ2v) is 6.67. The van der Waals surface area contributed by atoms with Crippen molar-refractivity contribution in [3.63, 3.8) is 0 Å². The molecule has 3 rings (SSSR count). The highest BCUT2D eigenvalue weighted by Gasteiger charge is 2.14. The molecule has 0 aliphatic heterocycles. The SMILES string of the molecule is Cc1nc(C)n([C@H](C)CNC(=O)Cc2coc3cc(C)c(C)cc23)n1. The number of amides is 1. The Hall–Kier alpha value is -2.63. The Bertz CT molecular complexity index is 923. The molecular formula is C19H24N4O2. The number of hydrogen-bond donors (Lipinski definition) is 1. The second kappa shape index (κ2) is 6.70. The van der Waals surface area contributed by atoms with E-state index >= 15 is 0 Å². The summed E-state index contributed by atoms with van der Waals surface area (Å²) < 4.78 is 7.44. The Labute approximate surface area is 147 Å². The first-order chi connectivity index (χ1) is 11.8. The fourth-order valence-electron chi connectivity index (χ4n) is 3.01. The van der Waals surface area contributed by atoms with Gasteiger partial charge in [-0.15, -0.1) is 0 Å². The first-order valence-electron chi connectivity index (χ1n) is 8.49. The molecular weight excluding hydrogens is 316 g/mol. The van der Waals surface area contributed by atoms with Gasteiger partial charge in [0.25, 0.3) is 0 Å². The maximum Gasteiger partial charge on any atom is 0.224 e. The fourth-order valence-corrected chi connectivity index (χ4v) is 3.01. The highest BCUT2D eigenvalue weighted by atomic mass is 16.3. The molecule has 0 unspecified atom stereocenters. The van der Waals surface area contributed by atoms with Crippen LogP contribution in [-0.2, 0) is 11.2 Å². The Morgan fingerprint density at radius 2 is 1.96 bits per heavy atom. The minimum Gasteiger partial charge on any atom is -0.464 e.